The third kappa shape index (κ3) is 1.68. The Morgan fingerprint density at radius 2 is 0.833 bits per heavy atom. The van der Waals surface area contributed by atoms with Crippen LogP contribution in [0.25, 0.3) is 43.1 Å². The minimum absolute atomic E-state index is 1.31. The van der Waals surface area contributed by atoms with Crippen LogP contribution < -0.4 is 0 Å². The topological polar surface area (TPSA) is 0 Å². The summed E-state index contributed by atoms with van der Waals surface area (Å²) in [4.78, 5) is 0. The number of hydrogen-bond donors (Lipinski definition) is 0. The molecule has 0 spiro atoms. The van der Waals surface area contributed by atoms with Crippen LogP contribution in [-0.2, 0) is 0 Å². The van der Waals surface area contributed by atoms with Crippen LogP contribution in [0.5, 0.6) is 0 Å². The Balaban J connectivity index is 2.14. The van der Waals surface area contributed by atoms with Gasteiger partial charge in [-0.05, 0) is 68.1 Å². The molecule has 0 atom stereocenters. The van der Waals surface area contributed by atoms with E-state index in [0.29, 0.717) is 0 Å². The van der Waals surface area contributed by atoms with Crippen LogP contribution in [0, 0.1) is 13.8 Å². The molecule has 5 rings (SSSR count). The molecule has 5 aromatic rings. The van der Waals surface area contributed by atoms with Crippen LogP contribution in [0.4, 0.5) is 0 Å². The Kier molecular flexibility index (Phi) is 2.72. The van der Waals surface area contributed by atoms with Crippen LogP contribution in [0.2, 0.25) is 0 Å². The summed E-state index contributed by atoms with van der Waals surface area (Å²) < 4.78 is 0. The Labute approximate surface area is 141 Å². The zero-order chi connectivity index (χ0) is 16.3. The second kappa shape index (κ2) is 4.82. The third-order valence-corrected chi connectivity index (χ3v) is 5.46. The van der Waals surface area contributed by atoms with Gasteiger partial charge in [-0.2, -0.15) is 0 Å². The molecule has 0 aromatic heterocycles. The molecule has 0 N–H and O–H groups in total. The lowest BCUT2D eigenvalue weighted by atomic mass is 9.88. The van der Waals surface area contributed by atoms with Gasteiger partial charge in [0, 0.05) is 0 Å². The molecule has 0 heteroatoms. The van der Waals surface area contributed by atoms with E-state index in [4.69, 9.17) is 0 Å². The molecule has 0 fully saturated rings. The van der Waals surface area contributed by atoms with Crippen molar-refractivity contribution in [3.05, 3.63) is 83.9 Å². The van der Waals surface area contributed by atoms with E-state index in [1.165, 1.54) is 54.2 Å². The van der Waals surface area contributed by atoms with E-state index < -0.39 is 0 Å². The first-order chi connectivity index (χ1) is 11.8. The first-order valence-corrected chi connectivity index (χ1v) is 8.48. The molecular weight excluding hydrogens is 288 g/mol. The van der Waals surface area contributed by atoms with E-state index >= 15 is 0 Å². The van der Waals surface area contributed by atoms with E-state index in [9.17, 15) is 0 Å². The quantitative estimate of drug-likeness (QED) is 0.272. The minimum atomic E-state index is 1.31. The summed E-state index contributed by atoms with van der Waals surface area (Å²) in [6.45, 7) is 4.54. The molecule has 0 amide bonds. The summed E-state index contributed by atoms with van der Waals surface area (Å²) in [5.41, 5.74) is 2.79. The summed E-state index contributed by atoms with van der Waals surface area (Å²) >= 11 is 0. The van der Waals surface area contributed by atoms with Gasteiger partial charge in [-0.25, -0.2) is 0 Å². The van der Waals surface area contributed by atoms with Crippen molar-refractivity contribution in [2.24, 2.45) is 0 Å². The van der Waals surface area contributed by atoms with Crippen molar-refractivity contribution in [2.45, 2.75) is 13.8 Å². The van der Waals surface area contributed by atoms with Crippen molar-refractivity contribution in [1.82, 2.24) is 0 Å². The largest absolute Gasteiger partial charge is 0.0616 e. The van der Waals surface area contributed by atoms with E-state index in [2.05, 4.69) is 86.6 Å². The Hall–Kier alpha value is -2.86. The van der Waals surface area contributed by atoms with Crippen molar-refractivity contribution >= 4 is 43.1 Å². The molecule has 0 nitrogen and oxygen atoms in total. The molecule has 24 heavy (non-hydrogen) atoms. The van der Waals surface area contributed by atoms with Crippen molar-refractivity contribution < 1.29 is 0 Å². The van der Waals surface area contributed by atoms with E-state index in [0.717, 1.165) is 0 Å². The van der Waals surface area contributed by atoms with Gasteiger partial charge in [-0.1, -0.05) is 72.8 Å². The van der Waals surface area contributed by atoms with Gasteiger partial charge in [0.15, 0.2) is 0 Å². The predicted molar refractivity (Wildman–Crippen MR) is 106 cm³/mol. The van der Waals surface area contributed by atoms with E-state index in [1.807, 2.05) is 0 Å². The van der Waals surface area contributed by atoms with Crippen molar-refractivity contribution in [3.63, 3.8) is 0 Å². The fourth-order valence-electron chi connectivity index (χ4n) is 4.17. The molecule has 0 aliphatic heterocycles. The van der Waals surface area contributed by atoms with Crippen molar-refractivity contribution in [1.29, 1.82) is 0 Å². The summed E-state index contributed by atoms with van der Waals surface area (Å²) in [5.74, 6) is 0. The first kappa shape index (κ1) is 13.6. The highest BCUT2D eigenvalue weighted by molar-refractivity contribution is 6.24. The number of benzene rings is 5. The van der Waals surface area contributed by atoms with Crippen LogP contribution in [-0.4, -0.2) is 0 Å². The maximum atomic E-state index is 2.29. The molecule has 0 radical (unpaired) electrons. The molecule has 0 heterocycles. The Morgan fingerprint density at radius 1 is 0.417 bits per heavy atom. The number of aryl methyl sites for hydroxylation is 2. The van der Waals surface area contributed by atoms with Gasteiger partial charge in [0.05, 0.1) is 0 Å². The molecule has 0 bridgehead atoms. The second-order valence-electron chi connectivity index (χ2n) is 6.67. The number of fused-ring (bicyclic) bond motifs is 7. The zero-order valence-corrected chi connectivity index (χ0v) is 13.9. The Bertz CT molecular complexity index is 1160. The van der Waals surface area contributed by atoms with Crippen LogP contribution in [0.1, 0.15) is 11.1 Å². The van der Waals surface area contributed by atoms with Gasteiger partial charge < -0.3 is 0 Å². The Morgan fingerprint density at radius 3 is 1.29 bits per heavy atom. The third-order valence-electron chi connectivity index (χ3n) is 5.46. The molecule has 5 aromatic carbocycles. The molecule has 0 aliphatic rings. The fourth-order valence-corrected chi connectivity index (χ4v) is 4.17. The molecule has 0 unspecified atom stereocenters. The average Bonchev–Trinajstić information content (AvgIpc) is 2.64. The smallest absolute Gasteiger partial charge is 0.00670 e. The summed E-state index contributed by atoms with van der Waals surface area (Å²) in [7, 11) is 0. The summed E-state index contributed by atoms with van der Waals surface area (Å²) in [6, 6.07) is 26.5. The summed E-state index contributed by atoms with van der Waals surface area (Å²) in [5, 5.41) is 10.8. The minimum Gasteiger partial charge on any atom is -0.0616 e. The number of hydrogen-bond acceptors (Lipinski definition) is 0. The predicted octanol–water partition coefficient (Wildman–Crippen LogP) is 6.92. The normalized spacial score (nSPS) is 11.8. The number of rotatable bonds is 0. The molecule has 0 saturated carbocycles. The highest BCUT2D eigenvalue weighted by Crippen LogP contribution is 2.39. The van der Waals surface area contributed by atoms with Gasteiger partial charge in [0.25, 0.3) is 0 Å². The van der Waals surface area contributed by atoms with Crippen LogP contribution in [0.15, 0.2) is 72.8 Å². The SMILES string of the molecule is Cc1c(C)c2c3ccccc3ccc2c2ccc3ccccc3c12. The molecule has 0 saturated heterocycles. The summed E-state index contributed by atoms with van der Waals surface area (Å²) in [6.07, 6.45) is 0. The van der Waals surface area contributed by atoms with Crippen molar-refractivity contribution in [2.75, 3.05) is 0 Å². The van der Waals surface area contributed by atoms with Crippen molar-refractivity contribution in [3.8, 4) is 0 Å². The van der Waals surface area contributed by atoms with Gasteiger partial charge in [-0.3, -0.25) is 0 Å². The highest BCUT2D eigenvalue weighted by Gasteiger charge is 2.13. The van der Waals surface area contributed by atoms with Gasteiger partial charge in [-0.15, -0.1) is 0 Å². The highest BCUT2D eigenvalue weighted by atomic mass is 14.2. The second-order valence-corrected chi connectivity index (χ2v) is 6.67. The monoisotopic (exact) mass is 306 g/mol. The molecular formula is C24H18. The average molecular weight is 306 g/mol. The lowest BCUT2D eigenvalue weighted by Gasteiger charge is -2.16. The first-order valence-electron chi connectivity index (χ1n) is 8.48. The van der Waals surface area contributed by atoms with E-state index in [1.54, 1.807) is 0 Å². The molecule has 0 aliphatic carbocycles. The van der Waals surface area contributed by atoms with Crippen LogP contribution >= 0.6 is 0 Å². The zero-order valence-electron chi connectivity index (χ0n) is 13.9. The molecule has 114 valence electrons. The lowest BCUT2D eigenvalue weighted by Crippen LogP contribution is -1.91. The van der Waals surface area contributed by atoms with Gasteiger partial charge in [0.2, 0.25) is 0 Å². The lowest BCUT2D eigenvalue weighted by molar-refractivity contribution is 1.43. The maximum absolute atomic E-state index is 2.29. The van der Waals surface area contributed by atoms with E-state index in [-0.39, 0.29) is 0 Å². The van der Waals surface area contributed by atoms with Gasteiger partial charge >= 0.3 is 0 Å². The van der Waals surface area contributed by atoms with Gasteiger partial charge in [0.1, 0.15) is 0 Å². The fraction of sp³-hybridized carbons (Fsp3) is 0.0833. The maximum Gasteiger partial charge on any atom is -0.00670 e. The van der Waals surface area contributed by atoms with Crippen LogP contribution in [0.3, 0.4) is 0 Å². The standard InChI is InChI=1S/C24H18/c1-15-16(2)24-20-10-6-4-8-18(20)12-14-22(24)21-13-11-17-7-3-5-9-19(17)23(15)21/h3-14H,1-2H3.